The lowest BCUT2D eigenvalue weighted by Gasteiger charge is -2.16. The Kier molecular flexibility index (Phi) is 4.51. The molecule has 1 rings (SSSR count). The molecule has 0 heterocycles. The summed E-state index contributed by atoms with van der Waals surface area (Å²) in [5.74, 6) is -0.218. The van der Waals surface area contributed by atoms with Crippen molar-refractivity contribution in [2.24, 2.45) is 5.73 Å². The van der Waals surface area contributed by atoms with Gasteiger partial charge in [0.15, 0.2) is 0 Å². The highest BCUT2D eigenvalue weighted by atomic mass is 79.9. The first-order valence-corrected chi connectivity index (χ1v) is 5.36. The third-order valence-electron chi connectivity index (χ3n) is 2.02. The normalized spacial score (nSPS) is 12.9. The van der Waals surface area contributed by atoms with E-state index in [1.807, 2.05) is 6.92 Å². The summed E-state index contributed by atoms with van der Waals surface area (Å²) in [6, 6.07) is 4.77. The van der Waals surface area contributed by atoms with Crippen LogP contribution in [0, 0.1) is 5.82 Å². The van der Waals surface area contributed by atoms with Crippen molar-refractivity contribution in [3.63, 3.8) is 0 Å². The molecule has 0 amide bonds. The van der Waals surface area contributed by atoms with Gasteiger partial charge in [0.25, 0.3) is 0 Å². The third kappa shape index (κ3) is 2.77. The second-order valence-corrected chi connectivity index (χ2v) is 3.93. The predicted octanol–water partition coefficient (Wildman–Crippen LogP) is 2.20. The first kappa shape index (κ1) is 11.6. The lowest BCUT2D eigenvalue weighted by atomic mass is 10.1. The van der Waals surface area contributed by atoms with Crippen LogP contribution in [0.25, 0.3) is 0 Å². The molecule has 0 saturated carbocycles. The summed E-state index contributed by atoms with van der Waals surface area (Å²) in [5, 5.41) is 3.13. The molecular formula is C10H14BrFN2. The molecule has 0 radical (unpaired) electrons. The molecule has 3 N–H and O–H groups in total. The van der Waals surface area contributed by atoms with E-state index in [0.29, 0.717) is 12.1 Å². The maximum absolute atomic E-state index is 13.4. The van der Waals surface area contributed by atoms with Gasteiger partial charge >= 0.3 is 0 Å². The van der Waals surface area contributed by atoms with Crippen molar-refractivity contribution < 1.29 is 4.39 Å². The Morgan fingerprint density at radius 3 is 2.86 bits per heavy atom. The number of rotatable bonds is 4. The van der Waals surface area contributed by atoms with Crippen LogP contribution in [0.4, 0.5) is 4.39 Å². The molecule has 4 heteroatoms. The van der Waals surface area contributed by atoms with Crippen LogP contribution in [-0.4, -0.2) is 13.1 Å². The van der Waals surface area contributed by atoms with E-state index in [2.05, 4.69) is 21.2 Å². The first-order chi connectivity index (χ1) is 6.69. The van der Waals surface area contributed by atoms with Gasteiger partial charge in [-0.1, -0.05) is 22.9 Å². The van der Waals surface area contributed by atoms with Crippen LogP contribution < -0.4 is 11.1 Å². The van der Waals surface area contributed by atoms with Crippen LogP contribution in [0.3, 0.4) is 0 Å². The molecule has 0 aliphatic rings. The van der Waals surface area contributed by atoms with Gasteiger partial charge in [0, 0.05) is 22.6 Å². The molecule has 78 valence electrons. The van der Waals surface area contributed by atoms with Crippen molar-refractivity contribution in [1.29, 1.82) is 0 Å². The SMILES string of the molecule is CCNC(CN)c1cc(Br)ccc1F. The molecule has 0 bridgehead atoms. The minimum Gasteiger partial charge on any atom is -0.329 e. The largest absolute Gasteiger partial charge is 0.329 e. The molecular weight excluding hydrogens is 247 g/mol. The first-order valence-electron chi connectivity index (χ1n) is 4.57. The van der Waals surface area contributed by atoms with E-state index in [0.717, 1.165) is 11.0 Å². The molecule has 0 aliphatic carbocycles. The van der Waals surface area contributed by atoms with E-state index in [9.17, 15) is 4.39 Å². The minimum absolute atomic E-state index is 0.113. The van der Waals surface area contributed by atoms with Crippen molar-refractivity contribution in [3.8, 4) is 0 Å². The summed E-state index contributed by atoms with van der Waals surface area (Å²) >= 11 is 3.31. The number of likely N-dealkylation sites (N-methyl/N-ethyl adjacent to an activating group) is 1. The van der Waals surface area contributed by atoms with Crippen molar-refractivity contribution in [3.05, 3.63) is 34.1 Å². The van der Waals surface area contributed by atoms with Crippen molar-refractivity contribution in [2.75, 3.05) is 13.1 Å². The summed E-state index contributed by atoms with van der Waals surface area (Å²) in [4.78, 5) is 0. The van der Waals surface area contributed by atoms with Gasteiger partial charge in [-0.05, 0) is 24.7 Å². The highest BCUT2D eigenvalue weighted by Crippen LogP contribution is 2.21. The molecule has 14 heavy (non-hydrogen) atoms. The van der Waals surface area contributed by atoms with Crippen LogP contribution in [0.2, 0.25) is 0 Å². The van der Waals surface area contributed by atoms with Gasteiger partial charge in [-0.3, -0.25) is 0 Å². The Morgan fingerprint density at radius 2 is 2.29 bits per heavy atom. The highest BCUT2D eigenvalue weighted by molar-refractivity contribution is 9.10. The lowest BCUT2D eigenvalue weighted by Crippen LogP contribution is -2.28. The van der Waals surface area contributed by atoms with Crippen LogP contribution in [0.1, 0.15) is 18.5 Å². The number of nitrogens with one attached hydrogen (secondary N) is 1. The second-order valence-electron chi connectivity index (χ2n) is 3.01. The number of hydrogen-bond acceptors (Lipinski definition) is 2. The van der Waals surface area contributed by atoms with E-state index >= 15 is 0 Å². The molecule has 1 aromatic rings. The number of halogens is 2. The molecule has 1 aromatic carbocycles. The minimum atomic E-state index is -0.218. The smallest absolute Gasteiger partial charge is 0.128 e. The lowest BCUT2D eigenvalue weighted by molar-refractivity contribution is 0.518. The quantitative estimate of drug-likeness (QED) is 0.872. The maximum atomic E-state index is 13.4. The van der Waals surface area contributed by atoms with E-state index in [-0.39, 0.29) is 11.9 Å². The highest BCUT2D eigenvalue weighted by Gasteiger charge is 2.12. The maximum Gasteiger partial charge on any atom is 0.128 e. The van der Waals surface area contributed by atoms with Crippen LogP contribution >= 0.6 is 15.9 Å². The van der Waals surface area contributed by atoms with Gasteiger partial charge in [0.1, 0.15) is 5.82 Å². The van der Waals surface area contributed by atoms with Gasteiger partial charge < -0.3 is 11.1 Å². The third-order valence-corrected chi connectivity index (χ3v) is 2.51. The van der Waals surface area contributed by atoms with Crippen molar-refractivity contribution >= 4 is 15.9 Å². The molecule has 1 unspecified atom stereocenters. The van der Waals surface area contributed by atoms with E-state index in [4.69, 9.17) is 5.73 Å². The van der Waals surface area contributed by atoms with E-state index in [1.165, 1.54) is 6.07 Å². The molecule has 0 spiro atoms. The Bertz CT molecular complexity index is 304. The fraction of sp³-hybridized carbons (Fsp3) is 0.400. The Labute approximate surface area is 91.8 Å². The summed E-state index contributed by atoms with van der Waals surface area (Å²) in [6.07, 6.45) is 0. The van der Waals surface area contributed by atoms with Gasteiger partial charge in [-0.25, -0.2) is 4.39 Å². The molecule has 0 aromatic heterocycles. The van der Waals surface area contributed by atoms with E-state index in [1.54, 1.807) is 12.1 Å². The summed E-state index contributed by atoms with van der Waals surface area (Å²) in [5.41, 5.74) is 6.18. The predicted molar refractivity (Wildman–Crippen MR) is 59.6 cm³/mol. The second kappa shape index (κ2) is 5.44. The zero-order chi connectivity index (χ0) is 10.6. The number of nitrogens with two attached hydrogens (primary N) is 1. The average molecular weight is 261 g/mol. The standard InChI is InChI=1S/C10H14BrFN2/c1-2-14-10(6-13)8-5-7(11)3-4-9(8)12/h3-5,10,14H,2,6,13H2,1H3. The average Bonchev–Trinajstić information content (AvgIpc) is 2.18. The monoisotopic (exact) mass is 260 g/mol. The fourth-order valence-electron chi connectivity index (χ4n) is 1.35. The summed E-state index contributed by atoms with van der Waals surface area (Å²) in [7, 11) is 0. The van der Waals surface area contributed by atoms with Gasteiger partial charge in [0.2, 0.25) is 0 Å². The fourth-order valence-corrected chi connectivity index (χ4v) is 1.73. The van der Waals surface area contributed by atoms with Crippen molar-refractivity contribution in [1.82, 2.24) is 5.32 Å². The van der Waals surface area contributed by atoms with Crippen molar-refractivity contribution in [2.45, 2.75) is 13.0 Å². The number of benzene rings is 1. The zero-order valence-corrected chi connectivity index (χ0v) is 9.64. The summed E-state index contributed by atoms with van der Waals surface area (Å²) in [6.45, 7) is 3.13. The molecule has 0 aliphatic heterocycles. The Balaban J connectivity index is 2.96. The zero-order valence-electron chi connectivity index (χ0n) is 8.06. The molecule has 0 fully saturated rings. The van der Waals surface area contributed by atoms with Gasteiger partial charge in [-0.15, -0.1) is 0 Å². The van der Waals surface area contributed by atoms with E-state index < -0.39 is 0 Å². The number of hydrogen-bond donors (Lipinski definition) is 2. The van der Waals surface area contributed by atoms with Crippen LogP contribution in [0.15, 0.2) is 22.7 Å². The molecule has 2 nitrogen and oxygen atoms in total. The molecule has 0 saturated heterocycles. The van der Waals surface area contributed by atoms with Crippen LogP contribution in [-0.2, 0) is 0 Å². The van der Waals surface area contributed by atoms with Gasteiger partial charge in [0.05, 0.1) is 0 Å². The topological polar surface area (TPSA) is 38.0 Å². The van der Waals surface area contributed by atoms with Crippen LogP contribution in [0.5, 0.6) is 0 Å². The Hall–Kier alpha value is -0.450. The summed E-state index contributed by atoms with van der Waals surface area (Å²) < 4.78 is 14.3. The van der Waals surface area contributed by atoms with Gasteiger partial charge in [-0.2, -0.15) is 0 Å². The molecule has 1 atom stereocenters. The Morgan fingerprint density at radius 1 is 1.57 bits per heavy atom.